The maximum absolute atomic E-state index is 12.0. The zero-order valence-electron chi connectivity index (χ0n) is 12.3. The lowest BCUT2D eigenvalue weighted by Gasteiger charge is -2.05. The van der Waals surface area contributed by atoms with Gasteiger partial charge in [0.2, 0.25) is 0 Å². The summed E-state index contributed by atoms with van der Waals surface area (Å²) in [7, 11) is -4.03. The number of sulfonamides is 1. The largest absolute Gasteiger partial charge is 0.457 e. The highest BCUT2D eigenvalue weighted by molar-refractivity contribution is 7.90. The van der Waals surface area contributed by atoms with E-state index in [1.54, 1.807) is 12.1 Å². The zero-order valence-corrected chi connectivity index (χ0v) is 13.1. The molecular formula is C16H11N3O4S. The molecule has 0 N–H and O–H groups in total. The Kier molecular flexibility index (Phi) is 4.07. The van der Waals surface area contributed by atoms with E-state index in [-0.39, 0.29) is 11.5 Å². The van der Waals surface area contributed by atoms with E-state index in [9.17, 15) is 13.2 Å². The first kappa shape index (κ1) is 15.8. The Hall–Kier alpha value is -3.09. The number of carbonyl (C=O) groups excluding carboxylic acids is 1. The molecule has 0 atom stereocenters. The van der Waals surface area contributed by atoms with Crippen molar-refractivity contribution in [3.05, 3.63) is 76.2 Å². The lowest BCUT2D eigenvalue weighted by Crippen LogP contribution is -1.98. The molecule has 1 aliphatic rings. The van der Waals surface area contributed by atoms with Crippen molar-refractivity contribution in [1.29, 1.82) is 0 Å². The number of ether oxygens (including phenoxy) is 1. The third-order valence-corrected chi connectivity index (χ3v) is 4.72. The van der Waals surface area contributed by atoms with Gasteiger partial charge in [0.05, 0.1) is 10.5 Å². The summed E-state index contributed by atoms with van der Waals surface area (Å²) in [6.45, 7) is 0.117. The summed E-state index contributed by atoms with van der Waals surface area (Å²) in [5, 5.41) is 0. The molecule has 0 aromatic heterocycles. The molecule has 2 aromatic rings. The molecule has 1 aliphatic heterocycles. The minimum Gasteiger partial charge on any atom is -0.457 e. The van der Waals surface area contributed by atoms with Crippen molar-refractivity contribution in [2.45, 2.75) is 4.90 Å². The van der Waals surface area contributed by atoms with Crippen LogP contribution in [0.1, 0.15) is 11.1 Å². The fraction of sp³-hybridized carbons (Fsp3) is 0.0625. The van der Waals surface area contributed by atoms with Gasteiger partial charge >= 0.3 is 5.97 Å². The Morgan fingerprint density at radius 2 is 1.67 bits per heavy atom. The minimum atomic E-state index is -4.03. The molecule has 1 heterocycles. The quantitative estimate of drug-likeness (QED) is 0.368. The van der Waals surface area contributed by atoms with Gasteiger partial charge in [-0.25, -0.2) is 13.2 Å². The summed E-state index contributed by atoms with van der Waals surface area (Å²) >= 11 is 0. The molecule has 7 nitrogen and oxygen atoms in total. The van der Waals surface area contributed by atoms with Crippen molar-refractivity contribution >= 4 is 27.1 Å². The second-order valence-electron chi connectivity index (χ2n) is 4.97. The molecule has 24 heavy (non-hydrogen) atoms. The normalized spacial score (nSPS) is 14.2. The summed E-state index contributed by atoms with van der Waals surface area (Å²) in [5.74, 6) is -0.415. The summed E-state index contributed by atoms with van der Waals surface area (Å²) in [5.41, 5.74) is 10.8. The van der Waals surface area contributed by atoms with Gasteiger partial charge in [0.1, 0.15) is 6.61 Å². The number of azide groups is 1. The van der Waals surface area contributed by atoms with Crippen LogP contribution in [-0.4, -0.2) is 21.0 Å². The molecule has 0 spiro atoms. The van der Waals surface area contributed by atoms with Crippen LogP contribution in [0.5, 0.6) is 0 Å². The van der Waals surface area contributed by atoms with Crippen LogP contribution in [-0.2, 0) is 19.6 Å². The molecule has 0 unspecified atom stereocenters. The molecule has 3 rings (SSSR count). The number of cyclic esters (lactones) is 1. The Balaban J connectivity index is 2.06. The number of nitrogens with zero attached hydrogens (tertiary/aromatic N) is 3. The second-order valence-corrected chi connectivity index (χ2v) is 6.55. The predicted octanol–water partition coefficient (Wildman–Crippen LogP) is 3.15. The van der Waals surface area contributed by atoms with Crippen molar-refractivity contribution in [2.75, 3.05) is 6.61 Å². The van der Waals surface area contributed by atoms with E-state index >= 15 is 0 Å². The summed E-state index contributed by atoms with van der Waals surface area (Å²) in [6.07, 6.45) is 0. The van der Waals surface area contributed by atoms with Gasteiger partial charge in [-0.3, -0.25) is 0 Å². The van der Waals surface area contributed by atoms with Gasteiger partial charge in [-0.1, -0.05) is 42.5 Å². The average molecular weight is 341 g/mol. The van der Waals surface area contributed by atoms with Gasteiger partial charge in [-0.2, -0.15) is 0 Å². The number of rotatable bonds is 4. The van der Waals surface area contributed by atoms with Crippen LogP contribution < -0.4 is 0 Å². The number of benzene rings is 2. The minimum absolute atomic E-state index is 0.115. The smallest absolute Gasteiger partial charge is 0.339 e. The van der Waals surface area contributed by atoms with Crippen LogP contribution in [0.25, 0.3) is 21.6 Å². The van der Waals surface area contributed by atoms with Crippen LogP contribution in [0.15, 0.2) is 64.0 Å². The standard InChI is InChI=1S/C16H11N3O4S/c17-18-19-24(21,22)13-8-6-11(7-9-13)14-10-23-16(20)15(14)12-4-2-1-3-5-12/h1-9H,10H2. The van der Waals surface area contributed by atoms with Gasteiger partial charge in [0.15, 0.2) is 0 Å². The van der Waals surface area contributed by atoms with Crippen molar-refractivity contribution in [2.24, 2.45) is 4.52 Å². The zero-order chi connectivity index (χ0) is 17.2. The molecule has 0 saturated heterocycles. The summed E-state index contributed by atoms with van der Waals surface area (Å²) in [4.78, 5) is 14.2. The summed E-state index contributed by atoms with van der Waals surface area (Å²) in [6, 6.07) is 14.9. The van der Waals surface area contributed by atoms with E-state index in [4.69, 9.17) is 10.3 Å². The lowest BCUT2D eigenvalue weighted by molar-refractivity contribution is -0.133. The Labute approximate surface area is 137 Å². The Morgan fingerprint density at radius 1 is 1.00 bits per heavy atom. The van der Waals surface area contributed by atoms with Crippen LogP contribution in [0.4, 0.5) is 0 Å². The molecule has 0 saturated carbocycles. The van der Waals surface area contributed by atoms with Gasteiger partial charge in [0.25, 0.3) is 10.0 Å². The molecule has 8 heteroatoms. The molecule has 0 radical (unpaired) electrons. The van der Waals surface area contributed by atoms with Crippen LogP contribution in [0.3, 0.4) is 0 Å². The van der Waals surface area contributed by atoms with E-state index in [0.717, 1.165) is 5.56 Å². The Bertz CT molecular complexity index is 974. The van der Waals surface area contributed by atoms with Gasteiger partial charge in [-0.15, -0.1) is 0 Å². The topological polar surface area (TPSA) is 109 Å². The van der Waals surface area contributed by atoms with Crippen molar-refractivity contribution in [1.82, 2.24) is 0 Å². The molecular weight excluding hydrogens is 330 g/mol. The monoisotopic (exact) mass is 341 g/mol. The highest BCUT2D eigenvalue weighted by Crippen LogP contribution is 2.33. The third-order valence-electron chi connectivity index (χ3n) is 3.56. The molecule has 0 aliphatic carbocycles. The number of carbonyl (C=O) groups is 1. The predicted molar refractivity (Wildman–Crippen MR) is 87.0 cm³/mol. The Morgan fingerprint density at radius 3 is 2.29 bits per heavy atom. The summed E-state index contributed by atoms with van der Waals surface area (Å²) < 4.78 is 31.3. The molecule has 2 aromatic carbocycles. The van der Waals surface area contributed by atoms with E-state index in [0.29, 0.717) is 16.7 Å². The van der Waals surface area contributed by atoms with Gasteiger partial charge in [-0.05, 0) is 28.8 Å². The lowest BCUT2D eigenvalue weighted by atomic mass is 9.97. The SMILES string of the molecule is [N-]=[N+]=NS(=O)(=O)c1ccc(C2=C(c3ccccc3)C(=O)OC2)cc1. The van der Waals surface area contributed by atoms with E-state index < -0.39 is 16.0 Å². The first-order valence-corrected chi connectivity index (χ1v) is 8.34. The van der Waals surface area contributed by atoms with Gasteiger partial charge in [0, 0.05) is 15.0 Å². The van der Waals surface area contributed by atoms with Crippen LogP contribution >= 0.6 is 0 Å². The second kappa shape index (κ2) is 6.19. The first-order chi connectivity index (χ1) is 11.5. The fourth-order valence-corrected chi connectivity index (χ4v) is 3.12. The molecule has 120 valence electrons. The van der Waals surface area contributed by atoms with E-state index in [1.165, 1.54) is 12.1 Å². The van der Waals surface area contributed by atoms with Crippen LogP contribution in [0, 0.1) is 0 Å². The van der Waals surface area contributed by atoms with Gasteiger partial charge < -0.3 is 4.74 Å². The van der Waals surface area contributed by atoms with Crippen molar-refractivity contribution < 1.29 is 17.9 Å². The molecule has 0 amide bonds. The third kappa shape index (κ3) is 2.88. The number of esters is 1. The number of hydrogen-bond donors (Lipinski definition) is 0. The van der Waals surface area contributed by atoms with E-state index in [1.807, 2.05) is 30.3 Å². The van der Waals surface area contributed by atoms with Crippen molar-refractivity contribution in [3.63, 3.8) is 0 Å². The van der Waals surface area contributed by atoms with E-state index in [2.05, 4.69) is 9.43 Å². The highest BCUT2D eigenvalue weighted by atomic mass is 32.2. The first-order valence-electron chi connectivity index (χ1n) is 6.90. The van der Waals surface area contributed by atoms with Crippen LogP contribution in [0.2, 0.25) is 0 Å². The van der Waals surface area contributed by atoms with Crippen molar-refractivity contribution in [3.8, 4) is 0 Å². The maximum Gasteiger partial charge on any atom is 0.339 e. The average Bonchev–Trinajstić information content (AvgIpc) is 2.97. The molecule has 0 fully saturated rings. The molecule has 0 bridgehead atoms. The fourth-order valence-electron chi connectivity index (χ4n) is 2.45. The number of hydrogen-bond acceptors (Lipinski definition) is 4. The highest BCUT2D eigenvalue weighted by Gasteiger charge is 2.27. The maximum atomic E-state index is 12.0.